The van der Waals surface area contributed by atoms with Gasteiger partial charge in [-0.2, -0.15) is 0 Å². The van der Waals surface area contributed by atoms with Crippen molar-refractivity contribution < 1.29 is 158 Å². The Labute approximate surface area is 196 Å². The van der Waals surface area contributed by atoms with E-state index in [1.54, 1.807) is 0 Å². The molecule has 0 spiro atoms. The second-order valence-electron chi connectivity index (χ2n) is 2.57. The van der Waals surface area contributed by atoms with Gasteiger partial charge in [-0.15, -0.1) is 0 Å². The molecule has 0 heterocycles. The van der Waals surface area contributed by atoms with Crippen LogP contribution in [0.5, 0.6) is 0 Å². The zero-order chi connectivity index (χ0) is 22.5. The quantitative estimate of drug-likeness (QED) is 0.100. The second kappa shape index (κ2) is 20.5. The summed E-state index contributed by atoms with van der Waals surface area (Å²) in [6, 6.07) is 0. The van der Waals surface area contributed by atoms with Gasteiger partial charge in [0.25, 0.3) is 0 Å². The summed E-state index contributed by atoms with van der Waals surface area (Å²) < 4.78 is 44.4. The fraction of sp³-hybridized carbons (Fsp3) is 0. The van der Waals surface area contributed by atoms with Crippen molar-refractivity contribution in [2.24, 2.45) is 0 Å². The molecule has 0 aromatic carbocycles. The normalized spacial score (nSPS) is 10.9. The number of hydrogen-bond donors (Lipinski definition) is 15. The third-order valence-electron chi connectivity index (χ3n) is 0. The van der Waals surface area contributed by atoms with Crippen LogP contribution in [0.1, 0.15) is 2.85 Å². The molecule has 0 saturated heterocycles. The number of rotatable bonds is 0. The first-order chi connectivity index (χ1) is 10.0. The SMILES string of the molecule is O=P(O)(O)O.O=P(O)(O)O.O=P(O)(O)O.O=P(O)(O)O.O=P(O)(O)O.[H-].[H-].[Na+].[Na+]. The summed E-state index contributed by atoms with van der Waals surface area (Å²) in [5, 5.41) is 0. The van der Waals surface area contributed by atoms with Crippen molar-refractivity contribution in [1.29, 1.82) is 0 Å². The summed E-state index contributed by atoms with van der Waals surface area (Å²) in [5.74, 6) is 0. The molecule has 27 heavy (non-hydrogen) atoms. The van der Waals surface area contributed by atoms with E-state index < -0.39 is 39.1 Å². The standard InChI is InChI=1S/2Na.5H3O4P.2H/c;;5*1-5(2,3)4;;/h;;5*(H3,1,2,3,4);;/q2*+1;;;;;;2*-1. The van der Waals surface area contributed by atoms with E-state index in [2.05, 4.69) is 0 Å². The van der Waals surface area contributed by atoms with E-state index in [-0.39, 0.29) is 62.0 Å². The van der Waals surface area contributed by atoms with E-state index in [1.165, 1.54) is 0 Å². The molecule has 0 aliphatic heterocycles. The van der Waals surface area contributed by atoms with Gasteiger partial charge >= 0.3 is 98.2 Å². The third-order valence-corrected chi connectivity index (χ3v) is 0. The maximum Gasteiger partial charge on any atom is 1.00 e. The van der Waals surface area contributed by atoms with Crippen LogP contribution >= 0.6 is 39.1 Å². The van der Waals surface area contributed by atoms with E-state index in [1.807, 2.05) is 0 Å². The van der Waals surface area contributed by atoms with Crippen LogP contribution in [-0.2, 0) is 22.8 Å². The molecule has 27 heteroatoms. The maximum absolute atomic E-state index is 8.88. The minimum atomic E-state index is -4.64. The molecule has 0 aromatic heterocycles. The molecular formula is H17Na2O20P5. The van der Waals surface area contributed by atoms with Crippen molar-refractivity contribution >= 4 is 39.1 Å². The van der Waals surface area contributed by atoms with Crippen molar-refractivity contribution in [3.8, 4) is 0 Å². The molecule has 0 aliphatic rings. The van der Waals surface area contributed by atoms with Crippen LogP contribution in [0.4, 0.5) is 0 Å². The summed E-state index contributed by atoms with van der Waals surface area (Å²) in [4.78, 5) is 108. The summed E-state index contributed by atoms with van der Waals surface area (Å²) >= 11 is 0. The summed E-state index contributed by atoms with van der Waals surface area (Å²) in [6.45, 7) is 0. The van der Waals surface area contributed by atoms with Gasteiger partial charge in [-0.25, -0.2) is 22.8 Å². The molecule has 0 atom stereocenters. The zero-order valence-corrected chi connectivity index (χ0v) is 21.5. The van der Waals surface area contributed by atoms with Gasteiger partial charge in [-0.1, -0.05) is 0 Å². The Bertz CT molecular complexity index is 386. The van der Waals surface area contributed by atoms with Crippen molar-refractivity contribution in [3.63, 3.8) is 0 Å². The minimum Gasteiger partial charge on any atom is -1.00 e. The predicted octanol–water partition coefficient (Wildman–Crippen LogP) is -10.4. The van der Waals surface area contributed by atoms with Crippen molar-refractivity contribution in [2.45, 2.75) is 0 Å². The van der Waals surface area contributed by atoms with E-state index in [9.17, 15) is 0 Å². The first kappa shape index (κ1) is 47.4. The second-order valence-corrected chi connectivity index (χ2v) is 7.70. The fourth-order valence-corrected chi connectivity index (χ4v) is 0. The molecule has 0 aliphatic carbocycles. The van der Waals surface area contributed by atoms with E-state index in [0.717, 1.165) is 0 Å². The van der Waals surface area contributed by atoms with E-state index >= 15 is 0 Å². The smallest absolute Gasteiger partial charge is 1.00 e. The largest absolute Gasteiger partial charge is 1.00 e. The van der Waals surface area contributed by atoms with E-state index in [0.29, 0.717) is 0 Å². The van der Waals surface area contributed by atoms with Gasteiger partial charge in [0.2, 0.25) is 0 Å². The van der Waals surface area contributed by atoms with Crippen LogP contribution in [0.2, 0.25) is 0 Å². The van der Waals surface area contributed by atoms with Gasteiger partial charge in [-0.3, -0.25) is 0 Å². The first-order valence-electron chi connectivity index (χ1n) is 3.91. The first-order valence-corrected chi connectivity index (χ1v) is 11.7. The van der Waals surface area contributed by atoms with E-state index in [4.69, 9.17) is 96.2 Å². The Hall–Kier alpha value is 2.55. The molecule has 0 saturated carbocycles. The van der Waals surface area contributed by atoms with Crippen LogP contribution < -0.4 is 59.1 Å². The zero-order valence-electron chi connectivity index (χ0n) is 15.0. The molecule has 0 amide bonds. The van der Waals surface area contributed by atoms with Gasteiger partial charge in [0, 0.05) is 0 Å². The number of hydrogen-bond acceptors (Lipinski definition) is 5. The van der Waals surface area contributed by atoms with Crippen LogP contribution in [0.3, 0.4) is 0 Å². The monoisotopic (exact) mass is 538 g/mol. The Morgan fingerprint density at radius 3 is 0.296 bits per heavy atom. The third kappa shape index (κ3) is 3090. The van der Waals surface area contributed by atoms with Gasteiger partial charge in [0.1, 0.15) is 0 Å². The summed E-state index contributed by atoms with van der Waals surface area (Å²) in [6.07, 6.45) is 0. The van der Waals surface area contributed by atoms with Gasteiger partial charge in [0.15, 0.2) is 0 Å². The Balaban J connectivity index is -0.0000000238. The molecule has 0 fully saturated rings. The van der Waals surface area contributed by atoms with Crippen LogP contribution in [0, 0.1) is 0 Å². The van der Waals surface area contributed by atoms with Gasteiger partial charge in [-0.05, 0) is 0 Å². The Morgan fingerprint density at radius 1 is 0.296 bits per heavy atom. The van der Waals surface area contributed by atoms with Crippen molar-refractivity contribution in [2.75, 3.05) is 0 Å². The van der Waals surface area contributed by atoms with Crippen molar-refractivity contribution in [1.82, 2.24) is 0 Å². The molecular weight excluding hydrogens is 521 g/mol. The average Bonchev–Trinajstić information content (AvgIpc) is 1.79. The van der Waals surface area contributed by atoms with Crippen LogP contribution in [-0.4, -0.2) is 73.4 Å². The Morgan fingerprint density at radius 2 is 0.296 bits per heavy atom. The minimum absolute atomic E-state index is 0. The molecule has 0 aromatic rings. The van der Waals surface area contributed by atoms with Gasteiger partial charge < -0.3 is 76.3 Å². The van der Waals surface area contributed by atoms with Crippen molar-refractivity contribution in [3.05, 3.63) is 0 Å². The van der Waals surface area contributed by atoms with Crippen LogP contribution in [0.25, 0.3) is 0 Å². The number of phosphoric acid groups is 5. The molecule has 0 unspecified atom stereocenters. The molecule has 0 radical (unpaired) electrons. The maximum atomic E-state index is 8.88. The predicted molar refractivity (Wildman–Crippen MR) is 73.5 cm³/mol. The molecule has 0 bridgehead atoms. The topological polar surface area (TPSA) is 389 Å². The van der Waals surface area contributed by atoms with Gasteiger partial charge in [0.05, 0.1) is 0 Å². The summed E-state index contributed by atoms with van der Waals surface area (Å²) in [7, 11) is -23.2. The fourth-order valence-electron chi connectivity index (χ4n) is 0. The average molecular weight is 538 g/mol. The van der Waals surface area contributed by atoms with Crippen LogP contribution in [0.15, 0.2) is 0 Å². The molecule has 164 valence electrons. The Kier molecular flexibility index (Phi) is 35.9. The summed E-state index contributed by atoms with van der Waals surface area (Å²) in [5.41, 5.74) is 0. The molecule has 15 N–H and O–H groups in total. The molecule has 0 rings (SSSR count). The molecule has 20 nitrogen and oxygen atoms in total.